The lowest BCUT2D eigenvalue weighted by atomic mass is 10.0. The summed E-state index contributed by atoms with van der Waals surface area (Å²) in [6.07, 6.45) is 2.50. The number of hydrogen-bond acceptors (Lipinski definition) is 7. The highest BCUT2D eigenvalue weighted by Gasteiger charge is 2.23. The van der Waals surface area contributed by atoms with Crippen LogP contribution in [0, 0.1) is 0 Å². The second-order valence-corrected chi connectivity index (χ2v) is 11.6. The molecule has 0 saturated heterocycles. The van der Waals surface area contributed by atoms with Crippen molar-refractivity contribution in [3.05, 3.63) is 113 Å². The van der Waals surface area contributed by atoms with Crippen molar-refractivity contribution in [3.8, 4) is 5.75 Å². The van der Waals surface area contributed by atoms with Crippen molar-refractivity contribution in [1.82, 2.24) is 14.7 Å². The summed E-state index contributed by atoms with van der Waals surface area (Å²) in [5.41, 5.74) is 3.60. The maximum Gasteiger partial charge on any atom is 0.268 e. The number of sulfonamides is 1. The van der Waals surface area contributed by atoms with E-state index in [2.05, 4.69) is 21.8 Å². The average molecular weight is 559 g/mol. The van der Waals surface area contributed by atoms with E-state index in [0.717, 1.165) is 17.5 Å². The van der Waals surface area contributed by atoms with Crippen molar-refractivity contribution in [3.63, 3.8) is 0 Å². The summed E-state index contributed by atoms with van der Waals surface area (Å²) < 4.78 is 33.5. The van der Waals surface area contributed by atoms with Gasteiger partial charge < -0.3 is 9.64 Å². The topological polar surface area (TPSA) is 101 Å². The molecule has 0 fully saturated rings. The highest BCUT2D eigenvalue weighted by Crippen LogP contribution is 2.21. The van der Waals surface area contributed by atoms with E-state index in [-0.39, 0.29) is 16.4 Å². The molecule has 4 rings (SSSR count). The lowest BCUT2D eigenvalue weighted by Gasteiger charge is -2.19. The molecule has 40 heavy (non-hydrogen) atoms. The Balaban J connectivity index is 1.60. The average Bonchev–Trinajstić information content (AvgIpc) is 2.96. The van der Waals surface area contributed by atoms with Gasteiger partial charge in [0.2, 0.25) is 5.95 Å². The Morgan fingerprint density at radius 3 is 2.25 bits per heavy atom. The standard InChI is InChI=1S/C31H34N4O4S/c1-22(2)25-12-16-27(17-13-25)40(37,38)34-30(36)28-21-32-31(35(3)19-18-23-8-6-5-7-9-23)33-29(28)20-24-10-14-26(39-4)15-11-24/h5-17,21-22H,18-20H2,1-4H3,(H,34,36). The van der Waals surface area contributed by atoms with Crippen LogP contribution in [0.4, 0.5) is 5.95 Å². The Morgan fingerprint density at radius 1 is 0.950 bits per heavy atom. The normalized spacial score (nSPS) is 11.3. The van der Waals surface area contributed by atoms with Crippen LogP contribution >= 0.6 is 0 Å². The van der Waals surface area contributed by atoms with Crippen LogP contribution in [0.3, 0.4) is 0 Å². The fraction of sp³-hybridized carbons (Fsp3) is 0.258. The Bertz CT molecular complexity index is 1540. The van der Waals surface area contributed by atoms with Gasteiger partial charge in [-0.05, 0) is 53.3 Å². The fourth-order valence-electron chi connectivity index (χ4n) is 4.16. The lowest BCUT2D eigenvalue weighted by Crippen LogP contribution is -2.32. The Hall–Kier alpha value is -4.24. The zero-order valence-corrected chi connectivity index (χ0v) is 24.0. The SMILES string of the molecule is COc1ccc(Cc2nc(N(C)CCc3ccccc3)ncc2C(=O)NS(=O)(=O)c2ccc(C(C)C)cc2)cc1. The van der Waals surface area contributed by atoms with Gasteiger partial charge in [0, 0.05) is 26.2 Å². The van der Waals surface area contributed by atoms with E-state index >= 15 is 0 Å². The number of likely N-dealkylation sites (N-methyl/N-ethyl adjacent to an activating group) is 1. The monoisotopic (exact) mass is 558 g/mol. The molecule has 8 nitrogen and oxygen atoms in total. The summed E-state index contributed by atoms with van der Waals surface area (Å²) in [5, 5.41) is 0. The molecule has 0 unspecified atom stereocenters. The highest BCUT2D eigenvalue weighted by atomic mass is 32.2. The van der Waals surface area contributed by atoms with E-state index < -0.39 is 15.9 Å². The summed E-state index contributed by atoms with van der Waals surface area (Å²) in [5.74, 6) is 0.631. The molecule has 1 heterocycles. The summed E-state index contributed by atoms with van der Waals surface area (Å²) in [6, 6.07) is 24.0. The Morgan fingerprint density at radius 2 is 1.62 bits per heavy atom. The van der Waals surface area contributed by atoms with Gasteiger partial charge in [-0.25, -0.2) is 23.1 Å². The third-order valence-electron chi connectivity index (χ3n) is 6.63. The number of benzene rings is 3. The minimum absolute atomic E-state index is 0.0140. The fourth-order valence-corrected chi connectivity index (χ4v) is 5.13. The van der Waals surface area contributed by atoms with Crippen molar-refractivity contribution >= 4 is 21.9 Å². The molecular formula is C31H34N4O4S. The van der Waals surface area contributed by atoms with Gasteiger partial charge in [0.1, 0.15) is 5.75 Å². The van der Waals surface area contributed by atoms with E-state index in [1.807, 2.05) is 68.3 Å². The first kappa shape index (κ1) is 28.8. The molecule has 0 saturated carbocycles. The zero-order valence-electron chi connectivity index (χ0n) is 23.2. The van der Waals surface area contributed by atoms with Gasteiger partial charge in [0.15, 0.2) is 0 Å². The van der Waals surface area contributed by atoms with Crippen LogP contribution in [0.15, 0.2) is 90.0 Å². The van der Waals surface area contributed by atoms with Crippen molar-refractivity contribution in [1.29, 1.82) is 0 Å². The molecule has 0 spiro atoms. The summed E-state index contributed by atoms with van der Waals surface area (Å²) in [4.78, 5) is 24.4. The first-order valence-electron chi connectivity index (χ1n) is 13.1. The molecule has 0 bridgehead atoms. The summed E-state index contributed by atoms with van der Waals surface area (Å²) >= 11 is 0. The number of nitrogens with zero attached hydrogens (tertiary/aromatic N) is 3. The molecule has 1 N–H and O–H groups in total. The number of carbonyl (C=O) groups excluding carboxylic acids is 1. The molecule has 1 amide bonds. The molecule has 1 aromatic heterocycles. The maximum absolute atomic E-state index is 13.3. The molecular weight excluding hydrogens is 524 g/mol. The van der Waals surface area contributed by atoms with Crippen LogP contribution < -0.4 is 14.4 Å². The molecule has 0 radical (unpaired) electrons. The molecule has 9 heteroatoms. The van der Waals surface area contributed by atoms with E-state index in [1.165, 1.54) is 23.9 Å². The third-order valence-corrected chi connectivity index (χ3v) is 7.98. The van der Waals surface area contributed by atoms with E-state index in [0.29, 0.717) is 30.4 Å². The quantitative estimate of drug-likeness (QED) is 0.277. The van der Waals surface area contributed by atoms with Crippen molar-refractivity contribution in [2.24, 2.45) is 0 Å². The number of ether oxygens (including phenoxy) is 1. The van der Waals surface area contributed by atoms with Gasteiger partial charge in [0.25, 0.3) is 15.9 Å². The van der Waals surface area contributed by atoms with Crippen molar-refractivity contribution in [2.45, 2.75) is 37.5 Å². The van der Waals surface area contributed by atoms with Crippen LogP contribution in [0.25, 0.3) is 0 Å². The van der Waals surface area contributed by atoms with Gasteiger partial charge >= 0.3 is 0 Å². The maximum atomic E-state index is 13.3. The third kappa shape index (κ3) is 7.24. The number of methoxy groups -OCH3 is 1. The molecule has 0 aliphatic heterocycles. The van der Waals surface area contributed by atoms with Gasteiger partial charge in [0.05, 0.1) is 23.3 Å². The van der Waals surface area contributed by atoms with Gasteiger partial charge in [-0.15, -0.1) is 0 Å². The van der Waals surface area contributed by atoms with Crippen LogP contribution in [0.5, 0.6) is 5.75 Å². The number of aromatic nitrogens is 2. The number of anilines is 1. The molecule has 0 aliphatic rings. The lowest BCUT2D eigenvalue weighted by molar-refractivity contribution is 0.0980. The molecule has 4 aromatic rings. The number of hydrogen-bond donors (Lipinski definition) is 1. The van der Waals surface area contributed by atoms with Crippen molar-refractivity contribution in [2.75, 3.05) is 25.6 Å². The molecule has 3 aromatic carbocycles. The van der Waals surface area contributed by atoms with Gasteiger partial charge in [-0.3, -0.25) is 4.79 Å². The predicted molar refractivity (Wildman–Crippen MR) is 156 cm³/mol. The van der Waals surface area contributed by atoms with Crippen LogP contribution in [-0.4, -0.2) is 45.0 Å². The zero-order chi connectivity index (χ0) is 28.7. The number of rotatable bonds is 11. The number of nitrogens with one attached hydrogen (secondary N) is 1. The molecule has 208 valence electrons. The Labute approximate surface area is 236 Å². The van der Waals surface area contributed by atoms with E-state index in [9.17, 15) is 13.2 Å². The molecule has 0 aliphatic carbocycles. The largest absolute Gasteiger partial charge is 0.497 e. The Kier molecular flexibility index (Phi) is 9.16. The first-order valence-corrected chi connectivity index (χ1v) is 14.6. The van der Waals surface area contributed by atoms with Gasteiger partial charge in [-0.2, -0.15) is 0 Å². The van der Waals surface area contributed by atoms with Gasteiger partial charge in [-0.1, -0.05) is 68.4 Å². The van der Waals surface area contributed by atoms with Crippen LogP contribution in [0.1, 0.15) is 52.5 Å². The highest BCUT2D eigenvalue weighted by molar-refractivity contribution is 7.90. The number of carbonyl (C=O) groups is 1. The first-order chi connectivity index (χ1) is 19.2. The minimum atomic E-state index is -4.10. The van der Waals surface area contributed by atoms with E-state index in [1.54, 1.807) is 19.2 Å². The smallest absolute Gasteiger partial charge is 0.268 e. The second kappa shape index (κ2) is 12.7. The van der Waals surface area contributed by atoms with Crippen molar-refractivity contribution < 1.29 is 17.9 Å². The molecule has 0 atom stereocenters. The van der Waals surface area contributed by atoms with Crippen LogP contribution in [0.2, 0.25) is 0 Å². The minimum Gasteiger partial charge on any atom is -0.497 e. The summed E-state index contributed by atoms with van der Waals surface area (Å²) in [6.45, 7) is 4.72. The number of amides is 1. The predicted octanol–water partition coefficient (Wildman–Crippen LogP) is 5.00. The van der Waals surface area contributed by atoms with E-state index in [4.69, 9.17) is 9.72 Å². The summed E-state index contributed by atoms with van der Waals surface area (Å²) in [7, 11) is -0.614. The van der Waals surface area contributed by atoms with Crippen LogP contribution in [-0.2, 0) is 22.9 Å². The second-order valence-electron chi connectivity index (χ2n) is 9.87.